The summed E-state index contributed by atoms with van der Waals surface area (Å²) in [5.41, 5.74) is 1.62. The topological polar surface area (TPSA) is 21.3 Å². The first-order valence-electron chi connectivity index (χ1n) is 7.22. The quantitative estimate of drug-likeness (QED) is 0.880. The summed E-state index contributed by atoms with van der Waals surface area (Å²) < 4.78 is 5.98. The van der Waals surface area contributed by atoms with E-state index in [1.54, 1.807) is 0 Å². The molecule has 1 saturated heterocycles. The van der Waals surface area contributed by atoms with Crippen LogP contribution >= 0.6 is 0 Å². The van der Waals surface area contributed by atoms with Gasteiger partial charge in [-0.1, -0.05) is 30.3 Å². The summed E-state index contributed by atoms with van der Waals surface area (Å²) in [4.78, 5) is 0. The number of hydrogen-bond acceptors (Lipinski definition) is 2. The summed E-state index contributed by atoms with van der Waals surface area (Å²) in [7, 11) is 0. The number of nitrogens with one attached hydrogen (secondary N) is 1. The van der Waals surface area contributed by atoms with E-state index in [-0.39, 0.29) is 5.60 Å². The molecule has 1 spiro atoms. The summed E-state index contributed by atoms with van der Waals surface area (Å²) in [6, 6.07) is 11.8. The predicted octanol–water partition coefficient (Wildman–Crippen LogP) is 3.44. The Labute approximate surface area is 110 Å². The molecule has 0 radical (unpaired) electrons. The molecule has 2 heteroatoms. The van der Waals surface area contributed by atoms with Crippen LogP contribution in [0.3, 0.4) is 0 Å². The molecule has 98 valence electrons. The molecule has 1 aliphatic heterocycles. The molecule has 2 nitrogen and oxygen atoms in total. The van der Waals surface area contributed by atoms with Crippen molar-refractivity contribution in [1.29, 1.82) is 0 Å². The summed E-state index contributed by atoms with van der Waals surface area (Å²) in [5.74, 6) is 0. The third-order valence-corrected chi connectivity index (χ3v) is 4.54. The first kappa shape index (κ1) is 12.2. The predicted molar refractivity (Wildman–Crippen MR) is 73.5 cm³/mol. The SMILES string of the molecule is C[C@H](NC1CCOC2(CCC2)C1)c1ccccc1. The van der Waals surface area contributed by atoms with Crippen molar-refractivity contribution in [3.8, 4) is 0 Å². The highest BCUT2D eigenvalue weighted by Gasteiger charge is 2.42. The second kappa shape index (κ2) is 5.02. The van der Waals surface area contributed by atoms with Crippen LogP contribution in [0.15, 0.2) is 30.3 Å². The van der Waals surface area contributed by atoms with Gasteiger partial charge in [0, 0.05) is 18.7 Å². The minimum Gasteiger partial charge on any atom is -0.375 e. The second-order valence-corrected chi connectivity index (χ2v) is 5.87. The van der Waals surface area contributed by atoms with Gasteiger partial charge in [-0.3, -0.25) is 0 Å². The normalized spacial score (nSPS) is 27.7. The summed E-state index contributed by atoms with van der Waals surface area (Å²) >= 11 is 0. The van der Waals surface area contributed by atoms with E-state index in [4.69, 9.17) is 4.74 Å². The van der Waals surface area contributed by atoms with Crippen molar-refractivity contribution in [3.05, 3.63) is 35.9 Å². The molecule has 1 aromatic carbocycles. The molecule has 2 aliphatic rings. The van der Waals surface area contributed by atoms with Crippen LogP contribution in [0.5, 0.6) is 0 Å². The Hall–Kier alpha value is -0.860. The number of rotatable bonds is 3. The highest BCUT2D eigenvalue weighted by atomic mass is 16.5. The fraction of sp³-hybridized carbons (Fsp3) is 0.625. The van der Waals surface area contributed by atoms with Crippen LogP contribution in [0.25, 0.3) is 0 Å². The van der Waals surface area contributed by atoms with E-state index in [9.17, 15) is 0 Å². The largest absolute Gasteiger partial charge is 0.375 e. The van der Waals surface area contributed by atoms with E-state index in [2.05, 4.69) is 42.6 Å². The van der Waals surface area contributed by atoms with Gasteiger partial charge in [-0.05, 0) is 44.6 Å². The Morgan fingerprint density at radius 2 is 2.06 bits per heavy atom. The molecule has 1 aliphatic carbocycles. The maximum Gasteiger partial charge on any atom is 0.0697 e. The van der Waals surface area contributed by atoms with Crippen LogP contribution in [-0.2, 0) is 4.74 Å². The molecule has 1 N–H and O–H groups in total. The van der Waals surface area contributed by atoms with Gasteiger partial charge in [-0.15, -0.1) is 0 Å². The van der Waals surface area contributed by atoms with Gasteiger partial charge in [0.1, 0.15) is 0 Å². The smallest absolute Gasteiger partial charge is 0.0697 e. The van der Waals surface area contributed by atoms with Crippen LogP contribution < -0.4 is 5.32 Å². The van der Waals surface area contributed by atoms with Crippen LogP contribution in [0, 0.1) is 0 Å². The van der Waals surface area contributed by atoms with Gasteiger partial charge < -0.3 is 10.1 Å². The number of hydrogen-bond donors (Lipinski definition) is 1. The Kier molecular flexibility index (Phi) is 3.40. The lowest BCUT2D eigenvalue weighted by Crippen LogP contribution is -2.51. The Morgan fingerprint density at radius 1 is 1.28 bits per heavy atom. The fourth-order valence-electron chi connectivity index (χ4n) is 3.28. The van der Waals surface area contributed by atoms with E-state index in [0.29, 0.717) is 12.1 Å². The summed E-state index contributed by atoms with van der Waals surface area (Å²) in [6.07, 6.45) is 6.24. The zero-order valence-electron chi connectivity index (χ0n) is 11.2. The van der Waals surface area contributed by atoms with E-state index in [1.165, 1.54) is 31.2 Å². The van der Waals surface area contributed by atoms with E-state index >= 15 is 0 Å². The molecule has 3 rings (SSSR count). The first-order chi connectivity index (χ1) is 8.77. The van der Waals surface area contributed by atoms with Gasteiger partial charge in [-0.2, -0.15) is 0 Å². The van der Waals surface area contributed by atoms with E-state index in [0.717, 1.165) is 13.0 Å². The summed E-state index contributed by atoms with van der Waals surface area (Å²) in [6.45, 7) is 3.19. The molecule has 0 amide bonds. The van der Waals surface area contributed by atoms with Gasteiger partial charge in [0.2, 0.25) is 0 Å². The van der Waals surface area contributed by atoms with Gasteiger partial charge in [-0.25, -0.2) is 0 Å². The lowest BCUT2D eigenvalue weighted by atomic mass is 9.74. The molecule has 2 fully saturated rings. The molecule has 0 bridgehead atoms. The van der Waals surface area contributed by atoms with Crippen LogP contribution in [0.2, 0.25) is 0 Å². The highest BCUT2D eigenvalue weighted by Crippen LogP contribution is 2.42. The van der Waals surface area contributed by atoms with E-state index in [1.807, 2.05) is 0 Å². The maximum absolute atomic E-state index is 5.98. The maximum atomic E-state index is 5.98. The lowest BCUT2D eigenvalue weighted by molar-refractivity contribution is -0.136. The minimum absolute atomic E-state index is 0.242. The zero-order chi connectivity index (χ0) is 12.4. The average Bonchev–Trinajstić information content (AvgIpc) is 2.38. The molecule has 1 heterocycles. The van der Waals surface area contributed by atoms with Crippen molar-refractivity contribution in [2.75, 3.05) is 6.61 Å². The Bertz CT molecular complexity index is 385. The van der Waals surface area contributed by atoms with Crippen LogP contribution in [-0.4, -0.2) is 18.2 Å². The molecule has 1 unspecified atom stereocenters. The molecule has 18 heavy (non-hydrogen) atoms. The Morgan fingerprint density at radius 3 is 2.72 bits per heavy atom. The van der Waals surface area contributed by atoms with Gasteiger partial charge in [0.05, 0.1) is 5.60 Å². The lowest BCUT2D eigenvalue weighted by Gasteiger charge is -2.47. The molecule has 1 aromatic rings. The third kappa shape index (κ3) is 2.45. The van der Waals surface area contributed by atoms with Crippen molar-refractivity contribution in [2.45, 2.75) is 56.7 Å². The van der Waals surface area contributed by atoms with Crippen LogP contribution in [0.4, 0.5) is 0 Å². The van der Waals surface area contributed by atoms with Crippen molar-refractivity contribution in [1.82, 2.24) is 5.32 Å². The van der Waals surface area contributed by atoms with Crippen molar-refractivity contribution >= 4 is 0 Å². The summed E-state index contributed by atoms with van der Waals surface area (Å²) in [5, 5.41) is 3.78. The van der Waals surface area contributed by atoms with Crippen molar-refractivity contribution < 1.29 is 4.74 Å². The third-order valence-electron chi connectivity index (χ3n) is 4.54. The molecular weight excluding hydrogens is 222 g/mol. The Balaban J connectivity index is 1.59. The highest BCUT2D eigenvalue weighted by molar-refractivity contribution is 5.18. The van der Waals surface area contributed by atoms with Crippen molar-refractivity contribution in [2.24, 2.45) is 0 Å². The monoisotopic (exact) mass is 245 g/mol. The first-order valence-corrected chi connectivity index (χ1v) is 7.22. The average molecular weight is 245 g/mol. The van der Waals surface area contributed by atoms with E-state index < -0.39 is 0 Å². The number of ether oxygens (including phenoxy) is 1. The number of benzene rings is 1. The fourth-order valence-corrected chi connectivity index (χ4v) is 3.28. The molecular formula is C16H23NO. The zero-order valence-corrected chi connectivity index (χ0v) is 11.2. The molecule has 0 aromatic heterocycles. The second-order valence-electron chi connectivity index (χ2n) is 5.87. The molecule has 1 saturated carbocycles. The van der Waals surface area contributed by atoms with Gasteiger partial charge in [0.25, 0.3) is 0 Å². The van der Waals surface area contributed by atoms with Crippen molar-refractivity contribution in [3.63, 3.8) is 0 Å². The van der Waals surface area contributed by atoms with Crippen LogP contribution in [0.1, 0.15) is 50.6 Å². The van der Waals surface area contributed by atoms with Gasteiger partial charge >= 0.3 is 0 Å². The molecule has 2 atom stereocenters. The standard InChI is InChI=1S/C16H23NO/c1-13(14-6-3-2-4-7-14)17-15-8-11-18-16(12-15)9-5-10-16/h2-4,6-7,13,15,17H,5,8-12H2,1H3/t13-,15?/m0/s1. The van der Waals surface area contributed by atoms with Gasteiger partial charge in [0.15, 0.2) is 0 Å². The minimum atomic E-state index is 0.242.